The maximum atomic E-state index is 5.50. The van der Waals surface area contributed by atoms with E-state index in [9.17, 15) is 0 Å². The molecule has 2 N–H and O–H groups in total. The summed E-state index contributed by atoms with van der Waals surface area (Å²) in [4.78, 5) is 0. The minimum absolute atomic E-state index is 0. The summed E-state index contributed by atoms with van der Waals surface area (Å²) < 4.78 is 1.71. The average Bonchev–Trinajstić information content (AvgIpc) is 2.15. The number of nitrogens with two attached hydrogens (primary N) is 1. The summed E-state index contributed by atoms with van der Waals surface area (Å²) in [6, 6.07) is 0.145. The van der Waals surface area contributed by atoms with Crippen molar-refractivity contribution < 1.29 is 0 Å². The molecule has 4 nitrogen and oxygen atoms in total. The first-order chi connectivity index (χ1) is 4.29. The van der Waals surface area contributed by atoms with Crippen molar-refractivity contribution >= 4 is 24.8 Å². The fraction of sp³-hybridized carbons (Fsp3) is 0.600. The van der Waals surface area contributed by atoms with Gasteiger partial charge in [0.25, 0.3) is 0 Å². The van der Waals surface area contributed by atoms with Crippen LogP contribution in [0.3, 0.4) is 0 Å². The second kappa shape index (κ2) is 6.39. The number of aromatic nitrogens is 3. The summed E-state index contributed by atoms with van der Waals surface area (Å²) in [7, 11) is 0. The lowest BCUT2D eigenvalue weighted by molar-refractivity contribution is 0.523. The summed E-state index contributed by atoms with van der Waals surface area (Å²) in [6.45, 7) is 2.67. The number of halogens is 2. The van der Waals surface area contributed by atoms with E-state index in [-0.39, 0.29) is 30.9 Å². The van der Waals surface area contributed by atoms with Gasteiger partial charge in [0.05, 0.1) is 12.7 Å². The van der Waals surface area contributed by atoms with E-state index in [1.807, 2.05) is 6.92 Å². The van der Waals surface area contributed by atoms with Crippen LogP contribution in [0.25, 0.3) is 0 Å². The molecular weight excluding hydrogens is 187 g/mol. The van der Waals surface area contributed by atoms with Crippen LogP contribution in [0.4, 0.5) is 0 Å². The Morgan fingerprint density at radius 3 is 2.55 bits per heavy atom. The molecule has 1 heterocycles. The van der Waals surface area contributed by atoms with E-state index in [0.717, 1.165) is 6.54 Å². The Kier molecular flexibility index (Phi) is 7.72. The molecule has 0 bridgehead atoms. The van der Waals surface area contributed by atoms with Crippen LogP contribution in [-0.4, -0.2) is 21.0 Å². The summed E-state index contributed by atoms with van der Waals surface area (Å²) in [5.74, 6) is 0. The van der Waals surface area contributed by atoms with Crippen molar-refractivity contribution in [1.82, 2.24) is 15.0 Å². The van der Waals surface area contributed by atoms with Crippen LogP contribution in [0, 0.1) is 0 Å². The van der Waals surface area contributed by atoms with E-state index < -0.39 is 0 Å². The van der Waals surface area contributed by atoms with Crippen molar-refractivity contribution in [1.29, 1.82) is 0 Å². The zero-order valence-corrected chi connectivity index (χ0v) is 7.81. The Hall–Kier alpha value is -0.320. The highest BCUT2D eigenvalue weighted by Crippen LogP contribution is 1.83. The van der Waals surface area contributed by atoms with Gasteiger partial charge in [-0.1, -0.05) is 5.21 Å². The molecule has 0 fully saturated rings. The quantitative estimate of drug-likeness (QED) is 0.753. The minimum Gasteiger partial charge on any atom is -0.326 e. The molecular formula is C5H12Cl2N4. The van der Waals surface area contributed by atoms with Crippen molar-refractivity contribution in [2.45, 2.75) is 19.5 Å². The fourth-order valence-electron chi connectivity index (χ4n) is 0.625. The Morgan fingerprint density at radius 1 is 1.55 bits per heavy atom. The maximum absolute atomic E-state index is 5.50. The molecule has 6 heteroatoms. The molecule has 0 saturated heterocycles. The second-order valence-corrected chi connectivity index (χ2v) is 2.10. The standard InChI is InChI=1S/C5H10N4.2ClH/c1-5(6)4-9-3-2-7-8-9;;/h2-3,5H,4,6H2,1H3;2*1H. The van der Waals surface area contributed by atoms with Crippen molar-refractivity contribution in [3.63, 3.8) is 0 Å². The van der Waals surface area contributed by atoms with E-state index in [2.05, 4.69) is 10.3 Å². The molecule has 1 rings (SSSR count). The van der Waals surface area contributed by atoms with Crippen LogP contribution >= 0.6 is 24.8 Å². The van der Waals surface area contributed by atoms with Gasteiger partial charge in [0.1, 0.15) is 0 Å². The van der Waals surface area contributed by atoms with Crippen LogP contribution in [0.5, 0.6) is 0 Å². The third-order valence-electron chi connectivity index (χ3n) is 0.947. The first-order valence-corrected chi connectivity index (χ1v) is 2.88. The summed E-state index contributed by atoms with van der Waals surface area (Å²) in [5.41, 5.74) is 5.50. The Morgan fingerprint density at radius 2 is 2.18 bits per heavy atom. The Labute approximate surface area is 78.0 Å². The SMILES string of the molecule is CC(N)Cn1ccnn1.Cl.Cl. The van der Waals surface area contributed by atoms with Crippen molar-refractivity contribution in [3.8, 4) is 0 Å². The molecule has 0 aliphatic heterocycles. The predicted molar refractivity (Wildman–Crippen MR) is 48.2 cm³/mol. The lowest BCUT2D eigenvalue weighted by Crippen LogP contribution is -2.22. The second-order valence-electron chi connectivity index (χ2n) is 2.10. The lowest BCUT2D eigenvalue weighted by Gasteiger charge is -2.01. The Bertz CT molecular complexity index is 163. The molecule has 1 unspecified atom stereocenters. The van der Waals surface area contributed by atoms with Gasteiger partial charge in [-0.05, 0) is 6.92 Å². The monoisotopic (exact) mass is 198 g/mol. The topological polar surface area (TPSA) is 56.7 Å². The molecule has 0 aliphatic carbocycles. The molecule has 0 aliphatic rings. The lowest BCUT2D eigenvalue weighted by atomic mass is 10.4. The van der Waals surface area contributed by atoms with E-state index in [1.54, 1.807) is 17.1 Å². The first kappa shape index (κ1) is 13.3. The highest BCUT2D eigenvalue weighted by atomic mass is 35.5. The molecule has 66 valence electrons. The number of nitrogens with zero attached hydrogens (tertiary/aromatic N) is 3. The molecule has 0 aromatic carbocycles. The summed E-state index contributed by atoms with van der Waals surface area (Å²) in [5, 5.41) is 7.38. The molecule has 1 atom stereocenters. The maximum Gasteiger partial charge on any atom is 0.0692 e. The number of hydrogen-bond acceptors (Lipinski definition) is 3. The zero-order valence-electron chi connectivity index (χ0n) is 6.17. The molecule has 1 aromatic rings. The molecule has 0 saturated carbocycles. The van der Waals surface area contributed by atoms with Crippen LogP contribution < -0.4 is 5.73 Å². The molecule has 11 heavy (non-hydrogen) atoms. The van der Waals surface area contributed by atoms with E-state index >= 15 is 0 Å². The van der Waals surface area contributed by atoms with Crippen molar-refractivity contribution in [2.75, 3.05) is 0 Å². The Balaban J connectivity index is 0. The largest absolute Gasteiger partial charge is 0.326 e. The normalized spacial score (nSPS) is 11.1. The predicted octanol–water partition coefficient (Wildman–Crippen LogP) is 0.469. The van der Waals surface area contributed by atoms with Gasteiger partial charge < -0.3 is 5.73 Å². The molecule has 0 amide bonds. The van der Waals surface area contributed by atoms with Gasteiger partial charge in [0.15, 0.2) is 0 Å². The van der Waals surface area contributed by atoms with Crippen LogP contribution in [0.1, 0.15) is 6.92 Å². The minimum atomic E-state index is 0. The average molecular weight is 199 g/mol. The van der Waals surface area contributed by atoms with E-state index in [4.69, 9.17) is 5.73 Å². The van der Waals surface area contributed by atoms with Crippen LogP contribution in [0.2, 0.25) is 0 Å². The van der Waals surface area contributed by atoms with E-state index in [1.165, 1.54) is 0 Å². The smallest absolute Gasteiger partial charge is 0.0692 e. The molecule has 1 aromatic heterocycles. The third-order valence-corrected chi connectivity index (χ3v) is 0.947. The third kappa shape index (κ3) is 5.01. The fourth-order valence-corrected chi connectivity index (χ4v) is 0.625. The van der Waals surface area contributed by atoms with Gasteiger partial charge in [0, 0.05) is 12.2 Å². The summed E-state index contributed by atoms with van der Waals surface area (Å²) >= 11 is 0. The molecule has 0 radical (unpaired) electrons. The van der Waals surface area contributed by atoms with Gasteiger partial charge in [-0.15, -0.1) is 29.9 Å². The van der Waals surface area contributed by atoms with Gasteiger partial charge in [-0.2, -0.15) is 0 Å². The van der Waals surface area contributed by atoms with Gasteiger partial charge >= 0.3 is 0 Å². The highest BCUT2D eigenvalue weighted by molar-refractivity contribution is 5.85. The van der Waals surface area contributed by atoms with Crippen LogP contribution in [0.15, 0.2) is 12.4 Å². The first-order valence-electron chi connectivity index (χ1n) is 2.88. The number of rotatable bonds is 2. The van der Waals surface area contributed by atoms with Gasteiger partial charge in [-0.3, -0.25) is 4.68 Å². The number of hydrogen-bond donors (Lipinski definition) is 1. The highest BCUT2D eigenvalue weighted by Gasteiger charge is 1.94. The van der Waals surface area contributed by atoms with Gasteiger partial charge in [-0.25, -0.2) is 0 Å². The summed E-state index contributed by atoms with van der Waals surface area (Å²) in [6.07, 6.45) is 3.44. The zero-order chi connectivity index (χ0) is 6.69. The van der Waals surface area contributed by atoms with Gasteiger partial charge in [0.2, 0.25) is 0 Å². The van der Waals surface area contributed by atoms with E-state index in [0.29, 0.717) is 0 Å². The van der Waals surface area contributed by atoms with Crippen LogP contribution in [-0.2, 0) is 6.54 Å². The van der Waals surface area contributed by atoms with Crippen molar-refractivity contribution in [2.24, 2.45) is 5.73 Å². The molecule has 0 spiro atoms. The van der Waals surface area contributed by atoms with Crippen molar-refractivity contribution in [3.05, 3.63) is 12.4 Å².